The molecule has 0 aromatic carbocycles. The van der Waals surface area contributed by atoms with Crippen molar-refractivity contribution in [2.45, 2.75) is 0 Å². The number of nitrogens with zero attached hydrogens (tertiary/aromatic N) is 2. The molecular formula is C3H4IN3. The molecular weight excluding hydrogens is 205 g/mol. The van der Waals surface area contributed by atoms with Crippen molar-refractivity contribution in [3.63, 3.8) is 0 Å². The highest BCUT2D eigenvalue weighted by Gasteiger charge is 1.86. The highest BCUT2D eigenvalue weighted by Crippen LogP contribution is 2.01. The fraction of sp³-hybridized carbons (Fsp3) is 0. The molecule has 7 heavy (non-hydrogen) atoms. The van der Waals surface area contributed by atoms with Crippen LogP contribution in [-0.2, 0) is 0 Å². The summed E-state index contributed by atoms with van der Waals surface area (Å²) in [5.41, 5.74) is 5.33. The first-order chi connectivity index (χ1) is 3.30. The molecule has 0 saturated heterocycles. The molecule has 2 N–H and O–H groups in total. The normalized spacial score (nSPS) is 9.29. The number of nitrogens with two attached hydrogens (primary N) is 1. The van der Waals surface area contributed by atoms with Gasteiger partial charge in [-0.3, -0.25) is 0 Å². The Morgan fingerprint density at radius 2 is 2.57 bits per heavy atom. The Bertz CT molecular complexity index is 142. The second kappa shape index (κ2) is 1.69. The predicted octanol–water partition coefficient (Wildman–Crippen LogP) is 0.663. The second-order valence-corrected chi connectivity index (χ2v) is 2.03. The number of hydrogen-bond donors (Lipinski definition) is 1. The van der Waals surface area contributed by atoms with E-state index in [1.807, 2.05) is 22.9 Å². The minimum atomic E-state index is 0.681. The smallest absolute Gasteiger partial charge is 0.132 e. The molecule has 0 atom stereocenters. The van der Waals surface area contributed by atoms with Crippen LogP contribution in [-0.4, -0.2) is 7.99 Å². The summed E-state index contributed by atoms with van der Waals surface area (Å²) in [4.78, 5) is 0. The van der Waals surface area contributed by atoms with Gasteiger partial charge in [0.2, 0.25) is 0 Å². The minimum Gasteiger partial charge on any atom is -0.383 e. The monoisotopic (exact) mass is 209 g/mol. The topological polar surface area (TPSA) is 43.8 Å². The maximum absolute atomic E-state index is 5.33. The van der Waals surface area contributed by atoms with Crippen LogP contribution in [0.2, 0.25) is 0 Å². The van der Waals surface area contributed by atoms with Crippen LogP contribution in [0.25, 0.3) is 0 Å². The van der Waals surface area contributed by atoms with Gasteiger partial charge in [-0.1, -0.05) is 0 Å². The molecule has 38 valence electrons. The molecule has 1 rings (SSSR count). The molecule has 0 saturated carbocycles. The van der Waals surface area contributed by atoms with Gasteiger partial charge in [0.25, 0.3) is 0 Å². The Morgan fingerprint density at radius 1 is 1.86 bits per heavy atom. The molecule has 0 spiro atoms. The third kappa shape index (κ3) is 0.846. The molecule has 0 aliphatic heterocycles. The number of rotatable bonds is 0. The minimum absolute atomic E-state index is 0.681. The largest absolute Gasteiger partial charge is 0.383 e. The third-order valence-electron chi connectivity index (χ3n) is 0.626. The summed E-state index contributed by atoms with van der Waals surface area (Å²) in [6.45, 7) is 0. The van der Waals surface area contributed by atoms with Gasteiger partial charge in [0.15, 0.2) is 0 Å². The Morgan fingerprint density at radius 3 is 2.71 bits per heavy atom. The van der Waals surface area contributed by atoms with E-state index in [1.165, 1.54) is 0 Å². The van der Waals surface area contributed by atoms with Crippen LogP contribution in [0.5, 0.6) is 0 Å². The van der Waals surface area contributed by atoms with Crippen molar-refractivity contribution < 1.29 is 0 Å². The Kier molecular flexibility index (Phi) is 1.18. The second-order valence-electron chi connectivity index (χ2n) is 1.12. The predicted molar refractivity (Wildman–Crippen MR) is 36.1 cm³/mol. The van der Waals surface area contributed by atoms with E-state index in [-0.39, 0.29) is 0 Å². The van der Waals surface area contributed by atoms with E-state index in [0.29, 0.717) is 5.82 Å². The zero-order valence-corrected chi connectivity index (χ0v) is 5.66. The molecule has 4 heteroatoms. The molecule has 0 unspecified atom stereocenters. The summed E-state index contributed by atoms with van der Waals surface area (Å²) in [6, 6.07) is 1.74. The number of hydrogen-bond acceptors (Lipinski definition) is 2. The third-order valence-corrected chi connectivity index (χ3v) is 1.43. The van der Waals surface area contributed by atoms with Gasteiger partial charge in [-0.05, 0) is 0 Å². The van der Waals surface area contributed by atoms with Crippen molar-refractivity contribution in [3.8, 4) is 0 Å². The summed E-state index contributed by atoms with van der Waals surface area (Å²) >= 11 is 2.00. The maximum atomic E-state index is 5.33. The van der Waals surface area contributed by atoms with Crippen LogP contribution < -0.4 is 5.73 Å². The standard InChI is InChI=1S/C3H4IN3/c4-7-3(5)1-2-6-7/h1-2H,5H2. The lowest BCUT2D eigenvalue weighted by Gasteiger charge is -1.84. The number of halogens is 1. The molecule has 0 fully saturated rings. The first-order valence-electron chi connectivity index (χ1n) is 1.76. The quantitative estimate of drug-likeness (QED) is 0.638. The van der Waals surface area contributed by atoms with Gasteiger partial charge < -0.3 is 5.73 Å². The van der Waals surface area contributed by atoms with Gasteiger partial charge in [-0.25, -0.2) is 0 Å². The van der Waals surface area contributed by atoms with E-state index in [2.05, 4.69) is 5.10 Å². The molecule has 1 aromatic rings. The van der Waals surface area contributed by atoms with Crippen molar-refractivity contribution in [2.24, 2.45) is 0 Å². The van der Waals surface area contributed by atoms with Crippen molar-refractivity contribution in [1.29, 1.82) is 0 Å². The van der Waals surface area contributed by atoms with Gasteiger partial charge in [0.1, 0.15) is 5.82 Å². The Balaban J connectivity index is 3.12. The van der Waals surface area contributed by atoms with Crippen LogP contribution in [0.1, 0.15) is 0 Å². The fourth-order valence-electron chi connectivity index (χ4n) is 0.296. The van der Waals surface area contributed by atoms with Gasteiger partial charge in [-0.15, -0.1) is 0 Å². The highest BCUT2D eigenvalue weighted by atomic mass is 127. The van der Waals surface area contributed by atoms with Crippen LogP contribution in [0, 0.1) is 0 Å². The molecule has 0 aliphatic carbocycles. The van der Waals surface area contributed by atoms with E-state index in [4.69, 9.17) is 5.73 Å². The van der Waals surface area contributed by atoms with E-state index in [0.717, 1.165) is 0 Å². The van der Waals surface area contributed by atoms with Crippen LogP contribution in [0.3, 0.4) is 0 Å². The number of nitrogen functional groups attached to an aromatic ring is 1. The SMILES string of the molecule is Nc1ccnn1I. The van der Waals surface area contributed by atoms with Crippen molar-refractivity contribution >= 4 is 28.7 Å². The van der Waals surface area contributed by atoms with Crippen molar-refractivity contribution in [1.82, 2.24) is 7.99 Å². The first kappa shape index (κ1) is 4.89. The Hall–Kier alpha value is -0.260. The molecule has 0 bridgehead atoms. The highest BCUT2D eigenvalue weighted by molar-refractivity contribution is 14.1. The summed E-state index contributed by atoms with van der Waals surface area (Å²) in [5.74, 6) is 0.681. The van der Waals surface area contributed by atoms with Gasteiger partial charge in [-0.2, -0.15) is 7.99 Å². The molecule has 3 nitrogen and oxygen atoms in total. The summed E-state index contributed by atoms with van der Waals surface area (Å²) < 4.78 is 1.58. The van der Waals surface area contributed by atoms with E-state index in [1.54, 1.807) is 15.2 Å². The lowest BCUT2D eigenvalue weighted by Crippen LogP contribution is -1.89. The number of aromatic nitrogens is 2. The average Bonchev–Trinajstić information content (AvgIpc) is 1.91. The van der Waals surface area contributed by atoms with E-state index < -0.39 is 0 Å². The van der Waals surface area contributed by atoms with Gasteiger partial charge in [0.05, 0.1) is 29.1 Å². The molecule has 1 heterocycles. The zero-order valence-electron chi connectivity index (χ0n) is 3.50. The maximum Gasteiger partial charge on any atom is 0.132 e. The fourth-order valence-corrected chi connectivity index (χ4v) is 0.601. The van der Waals surface area contributed by atoms with Crippen molar-refractivity contribution in [3.05, 3.63) is 12.3 Å². The molecule has 1 aromatic heterocycles. The summed E-state index contributed by atoms with van der Waals surface area (Å²) in [6.07, 6.45) is 1.65. The van der Waals surface area contributed by atoms with Crippen LogP contribution in [0.15, 0.2) is 12.3 Å². The number of anilines is 1. The van der Waals surface area contributed by atoms with Gasteiger partial charge in [0, 0.05) is 6.07 Å². The lowest BCUT2D eigenvalue weighted by molar-refractivity contribution is 1.06. The Labute approximate surface area is 55.0 Å². The van der Waals surface area contributed by atoms with Crippen molar-refractivity contribution in [2.75, 3.05) is 5.73 Å². The van der Waals surface area contributed by atoms with Gasteiger partial charge >= 0.3 is 0 Å². The molecule has 0 aliphatic rings. The lowest BCUT2D eigenvalue weighted by atomic mass is 10.7. The van der Waals surface area contributed by atoms with Crippen LogP contribution in [0.4, 0.5) is 5.82 Å². The summed E-state index contributed by atoms with van der Waals surface area (Å²) in [5, 5.41) is 3.79. The zero-order chi connectivity index (χ0) is 5.28. The molecule has 0 radical (unpaired) electrons. The van der Waals surface area contributed by atoms with E-state index >= 15 is 0 Å². The first-order valence-corrected chi connectivity index (χ1v) is 2.73. The van der Waals surface area contributed by atoms with Crippen LogP contribution >= 0.6 is 22.9 Å². The average molecular weight is 209 g/mol. The summed E-state index contributed by atoms with van der Waals surface area (Å²) in [7, 11) is 0. The molecule has 0 amide bonds. The van der Waals surface area contributed by atoms with E-state index in [9.17, 15) is 0 Å².